The van der Waals surface area contributed by atoms with Crippen LogP contribution in [-0.4, -0.2) is 37.5 Å². The zero-order valence-corrected chi connectivity index (χ0v) is 12.1. The van der Waals surface area contributed by atoms with Crippen molar-refractivity contribution >= 4 is 28.5 Å². The summed E-state index contributed by atoms with van der Waals surface area (Å²) in [7, 11) is 1.96. The fraction of sp³-hybridized carbons (Fsp3) is 0.462. The SMILES string of the molecule is CNCC1CCN(C(=O)c2cccc(I)c2)C1. The summed E-state index contributed by atoms with van der Waals surface area (Å²) in [6.45, 7) is 2.76. The smallest absolute Gasteiger partial charge is 0.253 e. The molecule has 1 amide bonds. The summed E-state index contributed by atoms with van der Waals surface area (Å²) in [5.41, 5.74) is 0.807. The first-order chi connectivity index (χ1) is 8.20. The predicted molar refractivity (Wildman–Crippen MR) is 77.1 cm³/mol. The Labute approximate surface area is 116 Å². The van der Waals surface area contributed by atoms with Crippen LogP contribution in [-0.2, 0) is 0 Å². The van der Waals surface area contributed by atoms with Gasteiger partial charge in [-0.1, -0.05) is 6.07 Å². The number of halogens is 1. The second kappa shape index (κ2) is 5.82. The van der Waals surface area contributed by atoms with Gasteiger partial charge in [0.15, 0.2) is 0 Å². The Morgan fingerprint density at radius 2 is 2.41 bits per heavy atom. The molecule has 1 atom stereocenters. The largest absolute Gasteiger partial charge is 0.338 e. The molecule has 3 nitrogen and oxygen atoms in total. The molecule has 1 unspecified atom stereocenters. The molecule has 1 heterocycles. The Hall–Kier alpha value is -0.620. The average molecular weight is 344 g/mol. The Bertz CT molecular complexity index is 408. The van der Waals surface area contributed by atoms with Crippen LogP contribution < -0.4 is 5.32 Å². The highest BCUT2D eigenvalue weighted by molar-refractivity contribution is 14.1. The van der Waals surface area contributed by atoms with Crippen LogP contribution in [0, 0.1) is 9.49 Å². The van der Waals surface area contributed by atoms with Gasteiger partial charge in [-0.15, -0.1) is 0 Å². The maximum absolute atomic E-state index is 12.3. The van der Waals surface area contributed by atoms with E-state index >= 15 is 0 Å². The molecule has 0 aliphatic carbocycles. The first-order valence-electron chi connectivity index (χ1n) is 5.90. The van der Waals surface area contributed by atoms with E-state index in [4.69, 9.17) is 0 Å². The Balaban J connectivity index is 2.02. The molecule has 2 rings (SSSR count). The number of hydrogen-bond donors (Lipinski definition) is 1. The van der Waals surface area contributed by atoms with Crippen LogP contribution in [0.25, 0.3) is 0 Å². The Morgan fingerprint density at radius 1 is 1.59 bits per heavy atom. The van der Waals surface area contributed by atoms with Gasteiger partial charge in [0.2, 0.25) is 0 Å². The predicted octanol–water partition coefficient (Wildman–Crippen LogP) is 1.97. The van der Waals surface area contributed by atoms with Crippen molar-refractivity contribution in [2.75, 3.05) is 26.7 Å². The van der Waals surface area contributed by atoms with Gasteiger partial charge in [0.25, 0.3) is 5.91 Å². The molecular formula is C13H17IN2O. The van der Waals surface area contributed by atoms with Gasteiger partial charge in [0, 0.05) is 22.2 Å². The van der Waals surface area contributed by atoms with Gasteiger partial charge in [-0.05, 0) is 66.7 Å². The number of hydrogen-bond acceptors (Lipinski definition) is 2. The van der Waals surface area contributed by atoms with Crippen LogP contribution >= 0.6 is 22.6 Å². The minimum absolute atomic E-state index is 0.169. The molecule has 0 radical (unpaired) electrons. The van der Waals surface area contributed by atoms with Gasteiger partial charge in [0.1, 0.15) is 0 Å². The molecule has 0 bridgehead atoms. The van der Waals surface area contributed by atoms with Crippen molar-refractivity contribution in [1.82, 2.24) is 10.2 Å². The van der Waals surface area contributed by atoms with Gasteiger partial charge in [-0.3, -0.25) is 4.79 Å². The van der Waals surface area contributed by atoms with Gasteiger partial charge in [0.05, 0.1) is 0 Å². The van der Waals surface area contributed by atoms with Gasteiger partial charge < -0.3 is 10.2 Å². The molecule has 1 N–H and O–H groups in total. The summed E-state index contributed by atoms with van der Waals surface area (Å²) in [4.78, 5) is 14.2. The van der Waals surface area contributed by atoms with E-state index < -0.39 is 0 Å². The third kappa shape index (κ3) is 3.19. The normalized spacial score (nSPS) is 19.6. The number of benzene rings is 1. The minimum Gasteiger partial charge on any atom is -0.338 e. The molecule has 1 aliphatic heterocycles. The lowest BCUT2D eigenvalue weighted by Gasteiger charge is -2.16. The van der Waals surface area contributed by atoms with Gasteiger partial charge >= 0.3 is 0 Å². The summed E-state index contributed by atoms with van der Waals surface area (Å²) < 4.78 is 1.11. The van der Waals surface area contributed by atoms with E-state index in [1.165, 1.54) is 0 Å². The van der Waals surface area contributed by atoms with E-state index in [0.29, 0.717) is 5.92 Å². The molecule has 17 heavy (non-hydrogen) atoms. The van der Waals surface area contributed by atoms with Crippen LogP contribution in [0.3, 0.4) is 0 Å². The maximum Gasteiger partial charge on any atom is 0.253 e. The van der Waals surface area contributed by atoms with Crippen LogP contribution in [0.1, 0.15) is 16.8 Å². The van der Waals surface area contributed by atoms with E-state index in [2.05, 4.69) is 27.9 Å². The monoisotopic (exact) mass is 344 g/mol. The van der Waals surface area contributed by atoms with E-state index in [-0.39, 0.29) is 5.91 Å². The van der Waals surface area contributed by atoms with Crippen LogP contribution in [0.5, 0.6) is 0 Å². The second-order valence-electron chi connectivity index (χ2n) is 4.47. The summed E-state index contributed by atoms with van der Waals surface area (Å²) in [5.74, 6) is 0.772. The van der Waals surface area contributed by atoms with Crippen LogP contribution in [0.2, 0.25) is 0 Å². The molecule has 1 saturated heterocycles. The van der Waals surface area contributed by atoms with E-state index in [0.717, 1.165) is 35.2 Å². The fourth-order valence-electron chi connectivity index (χ4n) is 2.28. The summed E-state index contributed by atoms with van der Waals surface area (Å²) in [6, 6.07) is 7.80. The number of carbonyl (C=O) groups excluding carboxylic acids is 1. The van der Waals surface area contributed by atoms with E-state index in [1.54, 1.807) is 0 Å². The number of nitrogens with one attached hydrogen (secondary N) is 1. The Kier molecular flexibility index (Phi) is 4.39. The molecule has 0 aromatic heterocycles. The first-order valence-corrected chi connectivity index (χ1v) is 6.98. The highest BCUT2D eigenvalue weighted by atomic mass is 127. The molecule has 1 aliphatic rings. The van der Waals surface area contributed by atoms with Crippen LogP contribution in [0.4, 0.5) is 0 Å². The number of nitrogens with zero attached hydrogens (tertiary/aromatic N) is 1. The number of amides is 1. The lowest BCUT2D eigenvalue weighted by atomic mass is 10.1. The third-order valence-electron chi connectivity index (χ3n) is 3.14. The van der Waals surface area contributed by atoms with Crippen molar-refractivity contribution in [3.63, 3.8) is 0 Å². The minimum atomic E-state index is 0.169. The molecule has 92 valence electrons. The molecule has 1 aromatic rings. The molecule has 0 saturated carbocycles. The quantitative estimate of drug-likeness (QED) is 0.851. The van der Waals surface area contributed by atoms with Crippen molar-refractivity contribution in [3.8, 4) is 0 Å². The summed E-state index contributed by atoms with van der Waals surface area (Å²) in [6.07, 6.45) is 1.11. The highest BCUT2D eigenvalue weighted by Gasteiger charge is 2.26. The van der Waals surface area contributed by atoms with Crippen molar-refractivity contribution < 1.29 is 4.79 Å². The molecule has 4 heteroatoms. The van der Waals surface area contributed by atoms with Crippen molar-refractivity contribution in [2.24, 2.45) is 5.92 Å². The zero-order valence-electron chi connectivity index (χ0n) is 9.95. The fourth-order valence-corrected chi connectivity index (χ4v) is 2.82. The van der Waals surface area contributed by atoms with Crippen molar-refractivity contribution in [3.05, 3.63) is 33.4 Å². The highest BCUT2D eigenvalue weighted by Crippen LogP contribution is 2.19. The lowest BCUT2D eigenvalue weighted by molar-refractivity contribution is 0.0787. The molecule has 1 aromatic carbocycles. The number of likely N-dealkylation sites (tertiary alicyclic amines) is 1. The van der Waals surface area contributed by atoms with Crippen LogP contribution in [0.15, 0.2) is 24.3 Å². The third-order valence-corrected chi connectivity index (χ3v) is 3.81. The lowest BCUT2D eigenvalue weighted by Crippen LogP contribution is -2.30. The average Bonchev–Trinajstić information content (AvgIpc) is 2.77. The summed E-state index contributed by atoms with van der Waals surface area (Å²) >= 11 is 2.24. The Morgan fingerprint density at radius 3 is 3.12 bits per heavy atom. The maximum atomic E-state index is 12.3. The van der Waals surface area contributed by atoms with Crippen molar-refractivity contribution in [2.45, 2.75) is 6.42 Å². The van der Waals surface area contributed by atoms with E-state index in [1.807, 2.05) is 36.2 Å². The zero-order chi connectivity index (χ0) is 12.3. The molecular weight excluding hydrogens is 327 g/mol. The van der Waals surface area contributed by atoms with E-state index in [9.17, 15) is 4.79 Å². The topological polar surface area (TPSA) is 32.3 Å². The summed E-state index contributed by atoms with van der Waals surface area (Å²) in [5, 5.41) is 3.18. The molecule has 0 spiro atoms. The standard InChI is InChI=1S/C13H17IN2O/c1-15-8-10-5-6-16(9-10)13(17)11-3-2-4-12(14)7-11/h2-4,7,10,15H,5-6,8-9H2,1H3. The molecule has 1 fully saturated rings. The number of rotatable bonds is 3. The first kappa shape index (κ1) is 12.8. The van der Waals surface area contributed by atoms with Gasteiger partial charge in [-0.25, -0.2) is 0 Å². The number of carbonyl (C=O) groups is 1. The van der Waals surface area contributed by atoms with Crippen molar-refractivity contribution in [1.29, 1.82) is 0 Å². The van der Waals surface area contributed by atoms with Gasteiger partial charge in [-0.2, -0.15) is 0 Å². The second-order valence-corrected chi connectivity index (χ2v) is 5.72.